The number of thiophene rings is 1. The van der Waals surface area contributed by atoms with Crippen LogP contribution in [0.25, 0.3) is 10.4 Å². The summed E-state index contributed by atoms with van der Waals surface area (Å²) in [6.45, 7) is 5.21. The summed E-state index contributed by atoms with van der Waals surface area (Å²) in [5, 5.41) is 5.41. The second kappa shape index (κ2) is 4.66. The molecule has 0 fully saturated rings. The van der Waals surface area contributed by atoms with E-state index in [-0.39, 0.29) is 5.60 Å². The molecule has 19 heavy (non-hydrogen) atoms. The summed E-state index contributed by atoms with van der Waals surface area (Å²) in [5.74, 6) is 1.04. The van der Waals surface area contributed by atoms with Crippen molar-refractivity contribution >= 4 is 11.3 Å². The van der Waals surface area contributed by atoms with Gasteiger partial charge in [0.1, 0.15) is 11.4 Å². The predicted molar refractivity (Wildman–Crippen MR) is 80.9 cm³/mol. The van der Waals surface area contributed by atoms with Gasteiger partial charge >= 0.3 is 0 Å². The highest BCUT2D eigenvalue weighted by Gasteiger charge is 2.29. The Morgan fingerprint density at radius 2 is 2.16 bits per heavy atom. The Balaban J connectivity index is 1.90. The molecule has 1 aromatic carbocycles. The van der Waals surface area contributed by atoms with Crippen LogP contribution in [0.1, 0.15) is 25.0 Å². The minimum atomic E-state index is -0.0618. The highest BCUT2D eigenvalue weighted by atomic mass is 32.1. The molecule has 2 heterocycles. The van der Waals surface area contributed by atoms with Crippen LogP contribution in [0.5, 0.6) is 5.75 Å². The number of hydrogen-bond donors (Lipinski definition) is 1. The van der Waals surface area contributed by atoms with Crippen molar-refractivity contribution in [2.75, 3.05) is 7.05 Å². The van der Waals surface area contributed by atoms with Crippen molar-refractivity contribution in [3.63, 3.8) is 0 Å². The van der Waals surface area contributed by atoms with Gasteiger partial charge in [0.05, 0.1) is 0 Å². The first-order chi connectivity index (χ1) is 9.07. The molecule has 0 unspecified atom stereocenters. The van der Waals surface area contributed by atoms with Gasteiger partial charge in [-0.05, 0) is 67.2 Å². The first kappa shape index (κ1) is 12.7. The first-order valence-electron chi connectivity index (χ1n) is 6.62. The number of fused-ring (bicyclic) bond motifs is 1. The van der Waals surface area contributed by atoms with Gasteiger partial charge in [-0.2, -0.15) is 0 Å². The molecule has 0 aliphatic carbocycles. The first-order valence-corrected chi connectivity index (χ1v) is 7.50. The average Bonchev–Trinajstić information content (AvgIpc) is 2.90. The molecule has 1 aliphatic heterocycles. The molecule has 0 amide bonds. The Bertz CT molecular complexity index is 601. The predicted octanol–water partition coefficient (Wildman–Crippen LogP) is 3.85. The Kier molecular flexibility index (Phi) is 3.11. The highest BCUT2D eigenvalue weighted by molar-refractivity contribution is 7.13. The van der Waals surface area contributed by atoms with Crippen LogP contribution in [0.2, 0.25) is 0 Å². The van der Waals surface area contributed by atoms with E-state index in [1.54, 1.807) is 0 Å². The quantitative estimate of drug-likeness (QED) is 0.917. The van der Waals surface area contributed by atoms with Crippen molar-refractivity contribution in [1.29, 1.82) is 0 Å². The van der Waals surface area contributed by atoms with Gasteiger partial charge in [0.15, 0.2) is 0 Å². The topological polar surface area (TPSA) is 21.3 Å². The third-order valence-electron chi connectivity index (χ3n) is 3.38. The van der Waals surface area contributed by atoms with Gasteiger partial charge in [-0.25, -0.2) is 0 Å². The number of nitrogens with one attached hydrogen (secondary N) is 1. The minimum absolute atomic E-state index is 0.0618. The maximum atomic E-state index is 5.92. The van der Waals surface area contributed by atoms with Crippen molar-refractivity contribution in [3.8, 4) is 16.2 Å². The Morgan fingerprint density at radius 3 is 2.95 bits per heavy atom. The summed E-state index contributed by atoms with van der Waals surface area (Å²) in [5.41, 5.74) is 3.91. The van der Waals surface area contributed by atoms with Gasteiger partial charge < -0.3 is 10.1 Å². The van der Waals surface area contributed by atoms with Crippen LogP contribution in [-0.2, 0) is 13.0 Å². The Hall–Kier alpha value is -1.32. The van der Waals surface area contributed by atoms with E-state index in [0.717, 1.165) is 18.7 Å². The van der Waals surface area contributed by atoms with E-state index < -0.39 is 0 Å². The van der Waals surface area contributed by atoms with Gasteiger partial charge in [0.2, 0.25) is 0 Å². The number of hydrogen-bond acceptors (Lipinski definition) is 3. The molecule has 2 nitrogen and oxygen atoms in total. The Morgan fingerprint density at radius 1 is 1.32 bits per heavy atom. The highest BCUT2D eigenvalue weighted by Crippen LogP contribution is 2.38. The summed E-state index contributed by atoms with van der Waals surface area (Å²) in [7, 11) is 1.98. The lowest BCUT2D eigenvalue weighted by Gasteiger charge is -2.16. The maximum Gasteiger partial charge on any atom is 0.123 e. The van der Waals surface area contributed by atoms with Crippen LogP contribution in [0, 0.1) is 0 Å². The monoisotopic (exact) mass is 273 g/mol. The molecule has 0 atom stereocenters. The third-order valence-corrected chi connectivity index (χ3v) is 4.41. The van der Waals surface area contributed by atoms with Gasteiger partial charge in [0, 0.05) is 17.8 Å². The van der Waals surface area contributed by atoms with Gasteiger partial charge in [-0.1, -0.05) is 0 Å². The van der Waals surface area contributed by atoms with Gasteiger partial charge in [0.25, 0.3) is 0 Å². The summed E-state index contributed by atoms with van der Waals surface area (Å²) in [6, 6.07) is 8.81. The lowest BCUT2D eigenvalue weighted by Crippen LogP contribution is -2.24. The Labute approximate surface area is 118 Å². The molecule has 0 saturated carbocycles. The molecule has 3 rings (SSSR count). The number of ether oxygens (including phenoxy) is 1. The second-order valence-electron chi connectivity index (χ2n) is 5.71. The van der Waals surface area contributed by atoms with Crippen LogP contribution in [0.4, 0.5) is 0 Å². The molecule has 100 valence electrons. The summed E-state index contributed by atoms with van der Waals surface area (Å²) in [6.07, 6.45) is 0.991. The number of rotatable bonds is 3. The van der Waals surface area contributed by atoms with E-state index in [2.05, 4.69) is 48.8 Å². The average molecular weight is 273 g/mol. The lowest BCUT2D eigenvalue weighted by atomic mass is 10.00. The van der Waals surface area contributed by atoms with E-state index in [4.69, 9.17) is 4.74 Å². The van der Waals surface area contributed by atoms with Crippen LogP contribution < -0.4 is 10.1 Å². The van der Waals surface area contributed by atoms with E-state index in [0.29, 0.717) is 0 Å². The fourth-order valence-corrected chi connectivity index (χ4v) is 3.50. The van der Waals surface area contributed by atoms with E-state index >= 15 is 0 Å². The van der Waals surface area contributed by atoms with Gasteiger partial charge in [-0.15, -0.1) is 11.3 Å². The van der Waals surface area contributed by atoms with E-state index in [1.807, 2.05) is 18.4 Å². The smallest absolute Gasteiger partial charge is 0.123 e. The van der Waals surface area contributed by atoms with Crippen LogP contribution in [-0.4, -0.2) is 12.6 Å². The lowest BCUT2D eigenvalue weighted by molar-refractivity contribution is 0.138. The molecule has 0 bridgehead atoms. The summed E-state index contributed by atoms with van der Waals surface area (Å²) >= 11 is 1.81. The molecule has 1 aromatic heterocycles. The standard InChI is InChI=1S/C16H19NOS/c1-16(2)8-13-7-12(4-5-14(13)18-16)15-6-11(9-17-3)10-19-15/h4-7,10,17H,8-9H2,1-3H3. The zero-order valence-corrected chi connectivity index (χ0v) is 12.4. The van der Waals surface area contributed by atoms with E-state index in [1.165, 1.54) is 21.6 Å². The zero-order chi connectivity index (χ0) is 13.5. The largest absolute Gasteiger partial charge is 0.487 e. The van der Waals surface area contributed by atoms with Crippen molar-refractivity contribution in [1.82, 2.24) is 5.32 Å². The van der Waals surface area contributed by atoms with Crippen molar-refractivity contribution < 1.29 is 4.74 Å². The van der Waals surface area contributed by atoms with E-state index in [9.17, 15) is 0 Å². The molecule has 0 saturated heterocycles. The normalized spacial score (nSPS) is 16.2. The van der Waals surface area contributed by atoms with Crippen molar-refractivity contribution in [3.05, 3.63) is 40.8 Å². The fraction of sp³-hybridized carbons (Fsp3) is 0.375. The fourth-order valence-electron chi connectivity index (χ4n) is 2.59. The summed E-state index contributed by atoms with van der Waals surface area (Å²) < 4.78 is 5.92. The van der Waals surface area contributed by atoms with Crippen LogP contribution in [0.3, 0.4) is 0 Å². The van der Waals surface area contributed by atoms with Crippen LogP contribution in [0.15, 0.2) is 29.6 Å². The molecule has 2 aromatic rings. The number of benzene rings is 1. The van der Waals surface area contributed by atoms with Crippen molar-refractivity contribution in [2.24, 2.45) is 0 Å². The zero-order valence-electron chi connectivity index (χ0n) is 11.6. The molecule has 0 spiro atoms. The third kappa shape index (κ3) is 2.53. The van der Waals surface area contributed by atoms with Crippen LogP contribution >= 0.6 is 11.3 Å². The molecular formula is C16H19NOS. The van der Waals surface area contributed by atoms with Gasteiger partial charge in [-0.3, -0.25) is 0 Å². The second-order valence-corrected chi connectivity index (χ2v) is 6.62. The molecular weight excluding hydrogens is 254 g/mol. The SMILES string of the molecule is CNCc1csc(-c2ccc3c(c2)CC(C)(C)O3)c1. The molecule has 1 aliphatic rings. The molecule has 1 N–H and O–H groups in total. The summed E-state index contributed by atoms with van der Waals surface area (Å²) in [4.78, 5) is 1.33. The van der Waals surface area contributed by atoms with Crippen molar-refractivity contribution in [2.45, 2.75) is 32.4 Å². The molecule has 3 heteroatoms. The maximum absolute atomic E-state index is 5.92. The minimum Gasteiger partial charge on any atom is -0.487 e. The molecule has 0 radical (unpaired) electrons.